The number of carboxylic acid groups (broad SMARTS) is 2. The quantitative estimate of drug-likeness (QED) is 0.469. The van der Waals surface area contributed by atoms with E-state index in [1.54, 1.807) is 0 Å². The van der Waals surface area contributed by atoms with Gasteiger partial charge >= 0.3 is 11.9 Å². The second kappa shape index (κ2) is 11.7. The molecule has 0 spiro atoms. The summed E-state index contributed by atoms with van der Waals surface area (Å²) in [5.74, 6) is -2.85. The Balaban J connectivity index is -0.000000107. The maximum atomic E-state index is 9.00. The van der Waals surface area contributed by atoms with Gasteiger partial charge in [0.2, 0.25) is 12.6 Å². The van der Waals surface area contributed by atoms with Gasteiger partial charge in [-0.05, 0) is 0 Å². The number of hydrogen-bond donors (Lipinski definition) is 2. The van der Waals surface area contributed by atoms with Crippen molar-refractivity contribution in [2.24, 2.45) is 0 Å². The first-order valence-electron chi connectivity index (χ1n) is 1.90. The van der Waals surface area contributed by atoms with Gasteiger partial charge in [-0.1, -0.05) is 0 Å². The van der Waals surface area contributed by atoms with Crippen LogP contribution in [-0.2, 0) is 40.2 Å². The molecule has 0 amide bonds. The van der Waals surface area contributed by atoms with Gasteiger partial charge < -0.3 is 10.2 Å². The molecule has 2 N–H and O–H groups in total. The Hall–Kier alpha value is -1.03. The number of hydrogen-bond acceptors (Lipinski definition) is 4. The molecule has 0 radical (unpaired) electrons. The maximum Gasteiger partial charge on any atom is 0.368 e. The van der Waals surface area contributed by atoms with E-state index in [0.717, 1.165) is 0 Å². The Morgan fingerprint density at radius 1 is 0.909 bits per heavy atom. The van der Waals surface area contributed by atoms with Gasteiger partial charge in [0, 0.05) is 21.1 Å². The fourth-order valence-electron chi connectivity index (χ4n) is 0. The number of carboxylic acids is 2. The Morgan fingerprint density at radius 2 is 1.00 bits per heavy atom. The van der Waals surface area contributed by atoms with Crippen molar-refractivity contribution in [3.63, 3.8) is 0 Å². The van der Waals surface area contributed by atoms with E-state index in [9.17, 15) is 0 Å². The smallest absolute Gasteiger partial charge is 0.368 e. The molecule has 0 aromatic carbocycles. The van der Waals surface area contributed by atoms with Gasteiger partial charge in [0.15, 0.2) is 0 Å². The van der Waals surface area contributed by atoms with Gasteiger partial charge in [-0.15, -0.1) is 0 Å². The van der Waals surface area contributed by atoms with Crippen LogP contribution in [0.4, 0.5) is 0 Å². The molecule has 0 aromatic rings. The van der Waals surface area contributed by atoms with E-state index in [4.69, 9.17) is 29.4 Å². The summed E-state index contributed by atoms with van der Waals surface area (Å²) in [6.45, 7) is 0. The van der Waals surface area contributed by atoms with Crippen LogP contribution in [0.2, 0.25) is 0 Å². The molecular weight excluding hydrogens is 339 g/mol. The Labute approximate surface area is 75.5 Å². The molecule has 0 rings (SSSR count). The number of carbonyl (C=O) groups is 4. The molecule has 0 aliphatic carbocycles. The first-order chi connectivity index (χ1) is 4.54. The second-order valence-corrected chi connectivity index (χ2v) is 0.912. The maximum absolute atomic E-state index is 9.00. The molecule has 6 nitrogen and oxygen atoms in total. The zero-order valence-corrected chi connectivity index (χ0v) is 7.27. The molecule has 66 valence electrons. The monoisotopic (exact) mass is 343 g/mol. The van der Waals surface area contributed by atoms with Gasteiger partial charge in [-0.2, -0.15) is 0 Å². The van der Waals surface area contributed by atoms with Crippen molar-refractivity contribution in [1.82, 2.24) is 0 Å². The van der Waals surface area contributed by atoms with Crippen molar-refractivity contribution in [3.8, 4) is 0 Å². The number of aldehydes is 2. The Morgan fingerprint density at radius 3 is 1.00 bits per heavy atom. The zero-order chi connectivity index (χ0) is 8.57. The van der Waals surface area contributed by atoms with Crippen molar-refractivity contribution in [2.75, 3.05) is 0 Å². The molecule has 0 heterocycles. The average molecular weight is 343 g/mol. The largest absolute Gasteiger partial charge is 0.476 e. The minimum absolute atomic E-state index is 0. The Kier molecular flexibility index (Phi) is 17.6. The molecule has 11 heavy (non-hydrogen) atoms. The first kappa shape index (κ1) is 16.5. The first-order valence-corrected chi connectivity index (χ1v) is 1.90. The molecule has 0 atom stereocenters. The van der Waals surface area contributed by atoms with Crippen LogP contribution in [0.25, 0.3) is 0 Å². The normalized spacial score (nSPS) is 5.82. The van der Waals surface area contributed by atoms with Crippen LogP contribution in [-0.4, -0.2) is 34.7 Å². The summed E-state index contributed by atoms with van der Waals surface area (Å²) in [5, 5.41) is 14.7. The van der Waals surface area contributed by atoms with E-state index < -0.39 is 11.9 Å². The predicted octanol–water partition coefficient (Wildman–Crippen LogP) is -1.46. The van der Waals surface area contributed by atoms with E-state index >= 15 is 0 Å². The summed E-state index contributed by atoms with van der Waals surface area (Å²) >= 11 is 0. The van der Waals surface area contributed by atoms with Gasteiger partial charge in [-0.3, -0.25) is 9.59 Å². The van der Waals surface area contributed by atoms with Crippen LogP contribution in [0.1, 0.15) is 0 Å². The number of rotatable bonds is 2. The van der Waals surface area contributed by atoms with Crippen molar-refractivity contribution in [2.45, 2.75) is 0 Å². The van der Waals surface area contributed by atoms with E-state index in [-0.39, 0.29) is 33.6 Å². The topological polar surface area (TPSA) is 109 Å². The second-order valence-electron chi connectivity index (χ2n) is 0.912. The van der Waals surface area contributed by atoms with Gasteiger partial charge in [-0.25, -0.2) is 9.59 Å². The summed E-state index contributed by atoms with van der Waals surface area (Å²) in [5.41, 5.74) is 0. The molecule has 0 bridgehead atoms. The Bertz CT molecular complexity index is 135. The van der Waals surface area contributed by atoms with Crippen LogP contribution < -0.4 is 0 Å². The molecule has 0 saturated carbocycles. The van der Waals surface area contributed by atoms with Gasteiger partial charge in [0.1, 0.15) is 0 Å². The van der Waals surface area contributed by atoms with Crippen LogP contribution >= 0.6 is 0 Å². The number of carbonyl (C=O) groups excluding carboxylic acids is 2. The van der Waals surface area contributed by atoms with Crippen molar-refractivity contribution in [3.05, 3.63) is 0 Å². The standard InChI is InChI=1S/2C2H2O3.Pt/c2*3-1-2(4)5;/h2*1H,(H,4,5);. The fourth-order valence-corrected chi connectivity index (χ4v) is 0. The fraction of sp³-hybridized carbons (Fsp3) is 0. The molecule has 0 unspecified atom stereocenters. The molecule has 7 heteroatoms. The average Bonchev–Trinajstić information content (AvgIpc) is 1.89. The van der Waals surface area contributed by atoms with E-state index in [0.29, 0.717) is 0 Å². The minimum Gasteiger partial charge on any atom is -0.476 e. The van der Waals surface area contributed by atoms with Crippen molar-refractivity contribution < 1.29 is 50.5 Å². The van der Waals surface area contributed by atoms with Crippen molar-refractivity contribution in [1.29, 1.82) is 0 Å². The minimum atomic E-state index is -1.43. The van der Waals surface area contributed by atoms with E-state index in [2.05, 4.69) is 0 Å². The SMILES string of the molecule is O=CC(=O)O.O=CC(=O)O.[Pt]. The summed E-state index contributed by atoms with van der Waals surface area (Å²) in [4.78, 5) is 35.8. The molecule has 0 saturated heterocycles. The van der Waals surface area contributed by atoms with E-state index in [1.807, 2.05) is 0 Å². The molecule has 0 fully saturated rings. The summed E-state index contributed by atoms with van der Waals surface area (Å²) in [7, 11) is 0. The van der Waals surface area contributed by atoms with Crippen LogP contribution in [0.15, 0.2) is 0 Å². The third-order valence-corrected chi connectivity index (χ3v) is 0.202. The molecular formula is C4H4O6Pt. The van der Waals surface area contributed by atoms with E-state index in [1.165, 1.54) is 0 Å². The zero-order valence-electron chi connectivity index (χ0n) is 5.00. The third-order valence-electron chi connectivity index (χ3n) is 0.202. The predicted molar refractivity (Wildman–Crippen MR) is 27.4 cm³/mol. The summed E-state index contributed by atoms with van der Waals surface area (Å²) in [6.07, 6.45) is -0.333. The third kappa shape index (κ3) is 49.4. The molecule has 0 aliphatic heterocycles. The van der Waals surface area contributed by atoms with Crippen LogP contribution in [0.3, 0.4) is 0 Å². The molecule has 0 aliphatic rings. The van der Waals surface area contributed by atoms with Gasteiger partial charge in [0.05, 0.1) is 0 Å². The molecule has 0 aromatic heterocycles. The van der Waals surface area contributed by atoms with Crippen LogP contribution in [0.5, 0.6) is 0 Å². The number of aliphatic carboxylic acids is 2. The van der Waals surface area contributed by atoms with Crippen LogP contribution in [0, 0.1) is 0 Å². The van der Waals surface area contributed by atoms with Gasteiger partial charge in [0.25, 0.3) is 0 Å². The summed E-state index contributed by atoms with van der Waals surface area (Å²) in [6, 6.07) is 0. The summed E-state index contributed by atoms with van der Waals surface area (Å²) < 4.78 is 0. The van der Waals surface area contributed by atoms with Crippen molar-refractivity contribution >= 4 is 24.5 Å².